The normalized spacial score (nSPS) is 11.2. The lowest BCUT2D eigenvalue weighted by Crippen LogP contribution is -2.46. The summed E-state index contributed by atoms with van der Waals surface area (Å²) in [5, 5.41) is 9.90. The monoisotopic (exact) mass is 443 g/mol. The van der Waals surface area contributed by atoms with Gasteiger partial charge >= 0.3 is 0 Å². The van der Waals surface area contributed by atoms with Crippen LogP contribution in [0.3, 0.4) is 0 Å². The summed E-state index contributed by atoms with van der Waals surface area (Å²) < 4.78 is 0. The van der Waals surface area contributed by atoms with Crippen molar-refractivity contribution in [2.45, 2.75) is 0 Å². The van der Waals surface area contributed by atoms with E-state index in [0.717, 1.165) is 0 Å². The Hall–Kier alpha value is -2.30. The zero-order chi connectivity index (χ0) is 20.1. The molecule has 0 aliphatic heterocycles. The smallest absolute Gasteiger partial charge is 0.269 e. The van der Waals surface area contributed by atoms with Gasteiger partial charge in [0.15, 0.2) is 11.7 Å². The molecule has 2 rings (SSSR count). The molecule has 0 bridgehead atoms. The van der Waals surface area contributed by atoms with Crippen molar-refractivity contribution in [2.24, 2.45) is 5.92 Å². The van der Waals surface area contributed by atoms with Gasteiger partial charge in [-0.2, -0.15) is 5.26 Å². The van der Waals surface area contributed by atoms with Crippen LogP contribution in [-0.2, 0) is 4.79 Å². The topological polar surface area (TPSA) is 99.1 Å². The highest BCUT2D eigenvalue weighted by Crippen LogP contribution is 2.24. The molecule has 2 aromatic rings. The van der Waals surface area contributed by atoms with Gasteiger partial charge in [0.2, 0.25) is 0 Å². The number of hydrogen-bond acceptors (Lipinski definition) is 4. The van der Waals surface area contributed by atoms with E-state index in [4.69, 9.17) is 51.7 Å². The molecule has 0 aromatic heterocycles. The zero-order valence-electron chi connectivity index (χ0n) is 13.2. The van der Waals surface area contributed by atoms with Crippen molar-refractivity contribution in [3.8, 4) is 6.07 Å². The molecule has 0 aliphatic rings. The fourth-order valence-electron chi connectivity index (χ4n) is 1.95. The van der Waals surface area contributed by atoms with E-state index in [9.17, 15) is 14.4 Å². The molecule has 1 atom stereocenters. The second-order valence-electron chi connectivity index (χ2n) is 5.13. The molecule has 2 aromatic carbocycles. The molecule has 0 fully saturated rings. The van der Waals surface area contributed by atoms with Crippen LogP contribution >= 0.6 is 46.4 Å². The Bertz CT molecular complexity index is 972. The van der Waals surface area contributed by atoms with Crippen LogP contribution in [0.4, 0.5) is 0 Å². The van der Waals surface area contributed by atoms with E-state index in [0.29, 0.717) is 0 Å². The third-order valence-electron chi connectivity index (χ3n) is 3.34. The minimum atomic E-state index is -1.70. The largest absolute Gasteiger partial charge is 0.292 e. The standard InChI is InChI=1S/C17H9Cl4N3O3/c18-11-3-1-8(5-13(11)20)15(25)10(7-22)17(27)24-23-16(26)9-2-4-12(19)14(21)6-9/h1-6,10H,(H,23,26)(H,24,27)/t10-/m1/s1. The lowest BCUT2D eigenvalue weighted by atomic mass is 9.98. The van der Waals surface area contributed by atoms with E-state index in [-0.39, 0.29) is 31.2 Å². The first-order valence-corrected chi connectivity index (χ1v) is 8.70. The van der Waals surface area contributed by atoms with Crippen LogP contribution in [0.25, 0.3) is 0 Å². The number of nitrogens with one attached hydrogen (secondary N) is 2. The average Bonchev–Trinajstić information content (AvgIpc) is 2.64. The predicted molar refractivity (Wildman–Crippen MR) is 102 cm³/mol. The van der Waals surface area contributed by atoms with Crippen molar-refractivity contribution in [1.82, 2.24) is 10.9 Å². The molecule has 0 aliphatic carbocycles. The van der Waals surface area contributed by atoms with Crippen LogP contribution in [0, 0.1) is 17.2 Å². The van der Waals surface area contributed by atoms with Crippen LogP contribution in [0.1, 0.15) is 20.7 Å². The van der Waals surface area contributed by atoms with Crippen LogP contribution in [0.15, 0.2) is 36.4 Å². The first-order valence-electron chi connectivity index (χ1n) is 7.18. The number of halogens is 4. The average molecular weight is 445 g/mol. The molecule has 138 valence electrons. The van der Waals surface area contributed by atoms with Gasteiger partial charge in [-0.3, -0.25) is 25.2 Å². The Morgan fingerprint density at radius 1 is 0.815 bits per heavy atom. The minimum absolute atomic E-state index is 0.0295. The van der Waals surface area contributed by atoms with E-state index in [1.54, 1.807) is 6.07 Å². The van der Waals surface area contributed by atoms with E-state index in [1.807, 2.05) is 5.43 Å². The first kappa shape index (κ1) is 21.0. The highest BCUT2D eigenvalue weighted by atomic mass is 35.5. The molecule has 0 unspecified atom stereocenters. The summed E-state index contributed by atoms with van der Waals surface area (Å²) in [4.78, 5) is 36.5. The van der Waals surface area contributed by atoms with Gasteiger partial charge in [0.1, 0.15) is 0 Å². The van der Waals surface area contributed by atoms with Crippen LogP contribution in [-0.4, -0.2) is 17.6 Å². The van der Waals surface area contributed by atoms with Crippen LogP contribution < -0.4 is 10.9 Å². The maximum absolute atomic E-state index is 12.3. The second-order valence-corrected chi connectivity index (χ2v) is 6.76. The number of benzene rings is 2. The van der Waals surface area contributed by atoms with Crippen LogP contribution in [0.2, 0.25) is 20.1 Å². The molecule has 0 radical (unpaired) electrons. The van der Waals surface area contributed by atoms with E-state index < -0.39 is 23.5 Å². The fourth-order valence-corrected chi connectivity index (χ4v) is 2.55. The van der Waals surface area contributed by atoms with Crippen LogP contribution in [0.5, 0.6) is 0 Å². The summed E-state index contributed by atoms with van der Waals surface area (Å²) in [5.74, 6) is -4.21. The number of carbonyl (C=O) groups is 3. The molecule has 0 heterocycles. The number of carbonyl (C=O) groups excluding carboxylic acids is 3. The van der Waals surface area contributed by atoms with Crippen molar-refractivity contribution >= 4 is 64.0 Å². The Labute approximate surface area is 173 Å². The highest BCUT2D eigenvalue weighted by Gasteiger charge is 2.28. The van der Waals surface area contributed by atoms with Gasteiger partial charge in [-0.25, -0.2) is 0 Å². The number of nitrogens with zero attached hydrogens (tertiary/aromatic N) is 1. The number of ketones is 1. The lowest BCUT2D eigenvalue weighted by Gasteiger charge is -2.11. The summed E-state index contributed by atoms with van der Waals surface area (Å²) in [6.07, 6.45) is 0. The Balaban J connectivity index is 2.07. The maximum Gasteiger partial charge on any atom is 0.269 e. The van der Waals surface area contributed by atoms with Crippen molar-refractivity contribution in [2.75, 3.05) is 0 Å². The molecule has 0 saturated heterocycles. The Morgan fingerprint density at radius 2 is 1.33 bits per heavy atom. The van der Waals surface area contributed by atoms with Crippen molar-refractivity contribution in [3.63, 3.8) is 0 Å². The lowest BCUT2D eigenvalue weighted by molar-refractivity contribution is -0.123. The Kier molecular flexibility index (Phi) is 7.05. The molecule has 0 saturated carbocycles. The third-order valence-corrected chi connectivity index (χ3v) is 4.82. The molecule has 27 heavy (non-hydrogen) atoms. The maximum atomic E-state index is 12.3. The van der Waals surface area contributed by atoms with Gasteiger partial charge in [-0.1, -0.05) is 46.4 Å². The number of Topliss-reactive ketones (excluding diaryl/α,β-unsaturated/α-hetero) is 1. The number of hydrazine groups is 1. The van der Waals surface area contributed by atoms with E-state index in [2.05, 4.69) is 5.43 Å². The van der Waals surface area contributed by atoms with Crippen molar-refractivity contribution < 1.29 is 14.4 Å². The summed E-state index contributed by atoms with van der Waals surface area (Å²) >= 11 is 23.2. The first-order chi connectivity index (χ1) is 12.7. The summed E-state index contributed by atoms with van der Waals surface area (Å²) in [6.45, 7) is 0. The summed E-state index contributed by atoms with van der Waals surface area (Å²) in [7, 11) is 0. The van der Waals surface area contributed by atoms with Gasteiger partial charge < -0.3 is 0 Å². The van der Waals surface area contributed by atoms with Gasteiger partial charge in [-0.15, -0.1) is 0 Å². The van der Waals surface area contributed by atoms with Gasteiger partial charge in [-0.05, 0) is 36.4 Å². The second kappa shape index (κ2) is 9.07. The molecule has 0 spiro atoms. The molecule has 2 N–H and O–H groups in total. The number of nitriles is 1. The van der Waals surface area contributed by atoms with Gasteiger partial charge in [0.05, 0.1) is 26.2 Å². The zero-order valence-corrected chi connectivity index (χ0v) is 16.2. The van der Waals surface area contributed by atoms with E-state index >= 15 is 0 Å². The molecule has 10 heteroatoms. The number of amides is 2. The van der Waals surface area contributed by atoms with E-state index in [1.165, 1.54) is 36.4 Å². The summed E-state index contributed by atoms with van der Waals surface area (Å²) in [5.41, 5.74) is 4.27. The number of hydrogen-bond donors (Lipinski definition) is 2. The fraction of sp³-hybridized carbons (Fsp3) is 0.0588. The SMILES string of the molecule is N#C[C@@H](C(=O)NNC(=O)c1ccc(Cl)c(Cl)c1)C(=O)c1ccc(Cl)c(Cl)c1. The molecule has 2 amide bonds. The number of rotatable bonds is 4. The highest BCUT2D eigenvalue weighted by molar-refractivity contribution is 6.42. The van der Waals surface area contributed by atoms with Gasteiger partial charge in [0.25, 0.3) is 11.8 Å². The summed E-state index contributed by atoms with van der Waals surface area (Å²) in [6, 6.07) is 9.64. The Morgan fingerprint density at radius 3 is 1.85 bits per heavy atom. The predicted octanol–water partition coefficient (Wildman–Crippen LogP) is 4.08. The van der Waals surface area contributed by atoms with Crippen molar-refractivity contribution in [1.29, 1.82) is 5.26 Å². The molecular weight excluding hydrogens is 436 g/mol. The minimum Gasteiger partial charge on any atom is -0.292 e. The molecule has 6 nitrogen and oxygen atoms in total. The van der Waals surface area contributed by atoms with Crippen molar-refractivity contribution in [3.05, 3.63) is 67.6 Å². The molecular formula is C17H9Cl4N3O3. The van der Waals surface area contributed by atoms with Gasteiger partial charge in [0, 0.05) is 11.1 Å². The quantitative estimate of drug-likeness (QED) is 0.421. The third kappa shape index (κ3) is 5.12.